The summed E-state index contributed by atoms with van der Waals surface area (Å²) in [4.78, 5) is 12.3. The maximum Gasteiger partial charge on any atom is 0.223 e. The summed E-state index contributed by atoms with van der Waals surface area (Å²) in [7, 11) is -3.15. The van der Waals surface area contributed by atoms with Crippen LogP contribution in [0.25, 0.3) is 0 Å². The minimum Gasteiger partial charge on any atom is -0.491 e. The average Bonchev–Trinajstić information content (AvgIpc) is 2.61. The molecule has 0 aromatic heterocycles. The van der Waals surface area contributed by atoms with E-state index in [2.05, 4.69) is 5.32 Å². The smallest absolute Gasteiger partial charge is 0.223 e. The van der Waals surface area contributed by atoms with Gasteiger partial charge in [0.2, 0.25) is 15.9 Å². The Morgan fingerprint density at radius 1 is 1.29 bits per heavy atom. The third-order valence-corrected chi connectivity index (χ3v) is 6.10. The van der Waals surface area contributed by atoms with E-state index >= 15 is 0 Å². The lowest BCUT2D eigenvalue weighted by Gasteiger charge is -2.30. The molecule has 0 unspecified atom stereocenters. The molecule has 1 fully saturated rings. The van der Waals surface area contributed by atoms with Crippen molar-refractivity contribution < 1.29 is 17.9 Å². The van der Waals surface area contributed by atoms with Gasteiger partial charge in [0.25, 0.3) is 0 Å². The molecule has 1 saturated heterocycles. The van der Waals surface area contributed by atoms with Gasteiger partial charge in [-0.1, -0.05) is 18.2 Å². The van der Waals surface area contributed by atoms with E-state index in [9.17, 15) is 13.2 Å². The summed E-state index contributed by atoms with van der Waals surface area (Å²) in [6.45, 7) is 4.78. The summed E-state index contributed by atoms with van der Waals surface area (Å²) in [5, 5.41) is 2.96. The van der Waals surface area contributed by atoms with Crippen LogP contribution in [0, 0.1) is 5.92 Å². The first-order chi connectivity index (χ1) is 11.4. The van der Waals surface area contributed by atoms with E-state index in [1.165, 1.54) is 4.31 Å². The number of hydrogen-bond donors (Lipinski definition) is 1. The molecule has 7 heteroatoms. The number of benzene rings is 1. The van der Waals surface area contributed by atoms with Gasteiger partial charge in [0.05, 0.1) is 11.8 Å². The number of ether oxygens (including phenoxy) is 1. The summed E-state index contributed by atoms with van der Waals surface area (Å²) >= 11 is 0. The first kappa shape index (κ1) is 18.7. The van der Waals surface area contributed by atoms with Gasteiger partial charge < -0.3 is 10.1 Å². The highest BCUT2D eigenvalue weighted by Gasteiger charge is 2.30. The quantitative estimate of drug-likeness (QED) is 0.807. The number of rotatable bonds is 7. The molecule has 1 N–H and O–H groups in total. The highest BCUT2D eigenvalue weighted by molar-refractivity contribution is 7.89. The van der Waals surface area contributed by atoms with Crippen LogP contribution in [0.5, 0.6) is 5.75 Å². The van der Waals surface area contributed by atoms with Gasteiger partial charge in [0.15, 0.2) is 0 Å². The van der Waals surface area contributed by atoms with Crippen molar-refractivity contribution in [2.24, 2.45) is 5.92 Å². The Bertz CT molecular complexity index is 625. The summed E-state index contributed by atoms with van der Waals surface area (Å²) in [6.07, 6.45) is 1.13. The fourth-order valence-corrected chi connectivity index (χ4v) is 3.85. The average molecular weight is 354 g/mol. The molecule has 0 aliphatic carbocycles. The Morgan fingerprint density at radius 3 is 2.50 bits per heavy atom. The minimum atomic E-state index is -3.15. The van der Waals surface area contributed by atoms with Crippen LogP contribution in [0.15, 0.2) is 30.3 Å². The summed E-state index contributed by atoms with van der Waals surface area (Å²) < 4.78 is 30.8. The van der Waals surface area contributed by atoms with Gasteiger partial charge in [0.1, 0.15) is 12.4 Å². The van der Waals surface area contributed by atoms with Gasteiger partial charge in [-0.2, -0.15) is 0 Å². The predicted octanol–water partition coefficient (Wildman–Crippen LogP) is 1.63. The van der Waals surface area contributed by atoms with Crippen LogP contribution < -0.4 is 10.1 Å². The fourth-order valence-electron chi connectivity index (χ4n) is 2.72. The van der Waals surface area contributed by atoms with Crippen molar-refractivity contribution in [2.45, 2.75) is 32.7 Å². The third-order valence-electron chi connectivity index (χ3n) is 4.21. The Balaban J connectivity index is 1.75. The zero-order valence-corrected chi connectivity index (χ0v) is 15.1. The van der Waals surface area contributed by atoms with Crippen molar-refractivity contribution in [3.63, 3.8) is 0 Å². The molecule has 1 aromatic carbocycles. The summed E-state index contributed by atoms with van der Waals surface area (Å²) in [5.74, 6) is 0.731. The Kier molecular flexibility index (Phi) is 6.62. The first-order valence-corrected chi connectivity index (χ1v) is 9.99. The van der Waals surface area contributed by atoms with E-state index < -0.39 is 10.0 Å². The van der Waals surface area contributed by atoms with Crippen LogP contribution in [0.2, 0.25) is 0 Å². The second-order valence-corrected chi connectivity index (χ2v) is 8.37. The van der Waals surface area contributed by atoms with Gasteiger partial charge in [-0.15, -0.1) is 0 Å². The molecule has 0 saturated carbocycles. The maximum absolute atomic E-state index is 12.3. The van der Waals surface area contributed by atoms with Crippen molar-refractivity contribution in [1.29, 1.82) is 0 Å². The van der Waals surface area contributed by atoms with E-state index in [4.69, 9.17) is 4.74 Å². The Labute approximate surface area is 144 Å². The number of nitrogens with one attached hydrogen (secondary N) is 1. The highest BCUT2D eigenvalue weighted by Crippen LogP contribution is 2.20. The van der Waals surface area contributed by atoms with E-state index in [1.54, 1.807) is 6.92 Å². The zero-order chi connectivity index (χ0) is 17.6. The van der Waals surface area contributed by atoms with Crippen molar-refractivity contribution in [3.05, 3.63) is 30.3 Å². The zero-order valence-electron chi connectivity index (χ0n) is 14.3. The lowest BCUT2D eigenvalue weighted by molar-refractivity contribution is -0.126. The molecular formula is C17H26N2O4S. The molecule has 0 bridgehead atoms. The SMILES string of the molecule is CCS(=O)(=O)N1CCC(C(=O)N[C@@H](C)COc2ccccc2)CC1. The van der Waals surface area contributed by atoms with Gasteiger partial charge in [-0.3, -0.25) is 4.79 Å². The van der Waals surface area contributed by atoms with Crippen LogP contribution in [-0.4, -0.2) is 50.1 Å². The number of piperidine rings is 1. The number of carbonyl (C=O) groups excluding carboxylic acids is 1. The standard InChI is InChI=1S/C17H26N2O4S/c1-3-24(21,22)19-11-9-15(10-12-19)17(20)18-14(2)13-23-16-7-5-4-6-8-16/h4-8,14-15H,3,9-13H2,1-2H3,(H,18,20)/t14-/m0/s1. The second kappa shape index (κ2) is 8.48. The molecule has 6 nitrogen and oxygen atoms in total. The van der Waals surface area contributed by atoms with Crippen molar-refractivity contribution in [1.82, 2.24) is 9.62 Å². The number of nitrogens with zero attached hydrogens (tertiary/aromatic N) is 1. The van der Waals surface area contributed by atoms with Crippen LogP contribution >= 0.6 is 0 Å². The van der Waals surface area contributed by atoms with E-state index in [1.807, 2.05) is 37.3 Å². The topological polar surface area (TPSA) is 75.7 Å². The van der Waals surface area contributed by atoms with E-state index in [0.29, 0.717) is 32.5 Å². The molecule has 1 aliphatic rings. The largest absolute Gasteiger partial charge is 0.491 e. The minimum absolute atomic E-state index is 0.0206. The Morgan fingerprint density at radius 2 is 1.92 bits per heavy atom. The lowest BCUT2D eigenvalue weighted by atomic mass is 9.97. The maximum atomic E-state index is 12.3. The molecule has 2 rings (SSSR count). The van der Waals surface area contributed by atoms with Crippen LogP contribution in [0.1, 0.15) is 26.7 Å². The molecule has 1 aliphatic heterocycles. The van der Waals surface area contributed by atoms with Crippen molar-refractivity contribution in [3.8, 4) is 5.75 Å². The number of para-hydroxylation sites is 1. The molecule has 1 aromatic rings. The molecule has 24 heavy (non-hydrogen) atoms. The highest BCUT2D eigenvalue weighted by atomic mass is 32.2. The molecule has 0 radical (unpaired) electrons. The van der Waals surface area contributed by atoms with Gasteiger partial charge >= 0.3 is 0 Å². The van der Waals surface area contributed by atoms with Gasteiger partial charge in [-0.25, -0.2) is 12.7 Å². The van der Waals surface area contributed by atoms with Crippen molar-refractivity contribution in [2.75, 3.05) is 25.4 Å². The second-order valence-electron chi connectivity index (χ2n) is 6.11. The first-order valence-electron chi connectivity index (χ1n) is 8.38. The summed E-state index contributed by atoms with van der Waals surface area (Å²) in [6, 6.07) is 9.36. The van der Waals surface area contributed by atoms with E-state index in [-0.39, 0.29) is 23.6 Å². The number of amides is 1. The number of carbonyl (C=O) groups is 1. The van der Waals surface area contributed by atoms with Crippen LogP contribution in [-0.2, 0) is 14.8 Å². The van der Waals surface area contributed by atoms with Crippen LogP contribution in [0.4, 0.5) is 0 Å². The summed E-state index contributed by atoms with van der Waals surface area (Å²) in [5.41, 5.74) is 0. The number of hydrogen-bond acceptors (Lipinski definition) is 4. The van der Waals surface area contributed by atoms with E-state index in [0.717, 1.165) is 5.75 Å². The predicted molar refractivity (Wildman–Crippen MR) is 93.3 cm³/mol. The molecule has 0 spiro atoms. The molecular weight excluding hydrogens is 328 g/mol. The third kappa shape index (κ3) is 5.21. The normalized spacial score (nSPS) is 18.1. The monoisotopic (exact) mass is 354 g/mol. The van der Waals surface area contributed by atoms with Crippen LogP contribution in [0.3, 0.4) is 0 Å². The fraction of sp³-hybridized carbons (Fsp3) is 0.588. The lowest BCUT2D eigenvalue weighted by Crippen LogP contribution is -2.46. The molecule has 1 amide bonds. The van der Waals surface area contributed by atoms with Gasteiger partial charge in [-0.05, 0) is 38.8 Å². The molecule has 1 atom stereocenters. The Hall–Kier alpha value is -1.60. The molecule has 134 valence electrons. The number of sulfonamides is 1. The molecule has 1 heterocycles. The van der Waals surface area contributed by atoms with Gasteiger partial charge in [0, 0.05) is 19.0 Å². The van der Waals surface area contributed by atoms with Crippen molar-refractivity contribution >= 4 is 15.9 Å².